The highest BCUT2D eigenvalue weighted by Crippen LogP contribution is 2.41. The van der Waals surface area contributed by atoms with Crippen molar-refractivity contribution in [2.24, 2.45) is 0 Å². The first-order valence-corrected chi connectivity index (χ1v) is 9.84. The molecule has 0 radical (unpaired) electrons. The van der Waals surface area contributed by atoms with Gasteiger partial charge in [0.15, 0.2) is 0 Å². The molecule has 29 heavy (non-hydrogen) atoms. The number of ether oxygens (including phenoxy) is 1. The van der Waals surface area contributed by atoms with Crippen LogP contribution in [0.2, 0.25) is 0 Å². The van der Waals surface area contributed by atoms with Crippen molar-refractivity contribution in [1.82, 2.24) is 9.88 Å². The number of hydrogen-bond donors (Lipinski definition) is 1. The van der Waals surface area contributed by atoms with E-state index in [0.29, 0.717) is 16.9 Å². The molecule has 1 N–H and O–H groups in total. The van der Waals surface area contributed by atoms with E-state index in [-0.39, 0.29) is 17.9 Å². The fraction of sp³-hybridized carbons (Fsp3) is 0.136. The molecule has 4 rings (SSSR count). The molecule has 6 nitrogen and oxygen atoms in total. The van der Waals surface area contributed by atoms with Gasteiger partial charge in [0, 0.05) is 17.3 Å². The Morgan fingerprint density at radius 2 is 1.90 bits per heavy atom. The standard InChI is InChI=1S/C22H18N2O4S/c1-28-17-7-3-2-6-16(17)20(25)18-19(14-8-10-23-11-9-14)24(22(27)21(18)26)13-15-5-4-12-29-15/h2-12,19,25H,13H2,1H3/b20-18-. The van der Waals surface area contributed by atoms with E-state index in [2.05, 4.69) is 4.98 Å². The number of pyridine rings is 1. The SMILES string of the molecule is COc1ccccc1/C(O)=C1/C(=O)C(=O)N(Cc2cccs2)C1c1ccncc1. The average Bonchev–Trinajstić information content (AvgIpc) is 3.36. The highest BCUT2D eigenvalue weighted by molar-refractivity contribution is 7.09. The zero-order chi connectivity index (χ0) is 20.4. The van der Waals surface area contributed by atoms with Gasteiger partial charge in [-0.1, -0.05) is 18.2 Å². The first-order chi connectivity index (χ1) is 14.1. The highest BCUT2D eigenvalue weighted by atomic mass is 32.1. The summed E-state index contributed by atoms with van der Waals surface area (Å²) < 4.78 is 5.33. The van der Waals surface area contributed by atoms with Gasteiger partial charge in [-0.15, -0.1) is 11.3 Å². The second-order valence-electron chi connectivity index (χ2n) is 6.49. The maximum absolute atomic E-state index is 13.0. The van der Waals surface area contributed by atoms with Crippen LogP contribution in [0, 0.1) is 0 Å². The van der Waals surface area contributed by atoms with Crippen molar-refractivity contribution in [2.75, 3.05) is 7.11 Å². The molecule has 0 saturated carbocycles. The molecule has 0 aliphatic carbocycles. The summed E-state index contributed by atoms with van der Waals surface area (Å²) in [4.78, 5) is 32.3. The molecule has 0 bridgehead atoms. The topological polar surface area (TPSA) is 79.7 Å². The van der Waals surface area contributed by atoms with Gasteiger partial charge in [-0.25, -0.2) is 0 Å². The number of aromatic nitrogens is 1. The van der Waals surface area contributed by atoms with Crippen LogP contribution in [0.3, 0.4) is 0 Å². The van der Waals surface area contributed by atoms with Gasteiger partial charge in [-0.2, -0.15) is 0 Å². The predicted octanol–water partition coefficient (Wildman–Crippen LogP) is 3.77. The molecule has 1 aliphatic rings. The fourth-order valence-corrected chi connectivity index (χ4v) is 4.19. The van der Waals surface area contributed by atoms with Crippen LogP contribution in [0.4, 0.5) is 0 Å². The molecule has 1 unspecified atom stereocenters. The number of rotatable bonds is 5. The number of ketones is 1. The van der Waals surface area contributed by atoms with Gasteiger partial charge in [0.05, 0.1) is 30.8 Å². The lowest BCUT2D eigenvalue weighted by Gasteiger charge is -2.24. The highest BCUT2D eigenvalue weighted by Gasteiger charge is 2.46. The van der Waals surface area contributed by atoms with Gasteiger partial charge in [-0.05, 0) is 41.3 Å². The summed E-state index contributed by atoms with van der Waals surface area (Å²) in [5.74, 6) is -1.19. The Kier molecular flexibility index (Phi) is 5.14. The number of carbonyl (C=O) groups is 2. The number of carbonyl (C=O) groups excluding carboxylic acids is 2. The normalized spacial score (nSPS) is 18.2. The molecule has 3 heterocycles. The van der Waals surface area contributed by atoms with E-state index >= 15 is 0 Å². The van der Waals surface area contributed by atoms with E-state index in [1.54, 1.807) is 48.8 Å². The molecule has 0 spiro atoms. The van der Waals surface area contributed by atoms with Gasteiger partial charge in [0.1, 0.15) is 11.5 Å². The lowest BCUT2D eigenvalue weighted by atomic mass is 9.95. The van der Waals surface area contributed by atoms with Crippen molar-refractivity contribution in [3.63, 3.8) is 0 Å². The number of aliphatic hydroxyl groups excluding tert-OH is 1. The number of para-hydroxylation sites is 1. The minimum atomic E-state index is -0.718. The van der Waals surface area contributed by atoms with Crippen LogP contribution in [0.1, 0.15) is 22.0 Å². The fourth-order valence-electron chi connectivity index (χ4n) is 3.49. The van der Waals surface area contributed by atoms with Gasteiger partial charge in [-0.3, -0.25) is 14.6 Å². The van der Waals surface area contributed by atoms with E-state index < -0.39 is 17.7 Å². The van der Waals surface area contributed by atoms with E-state index in [4.69, 9.17) is 4.74 Å². The smallest absolute Gasteiger partial charge is 0.295 e. The number of likely N-dealkylation sites (tertiary alicyclic amines) is 1. The Morgan fingerprint density at radius 3 is 2.59 bits per heavy atom. The molecule has 1 fully saturated rings. The van der Waals surface area contributed by atoms with Crippen LogP contribution in [0.15, 0.2) is 71.9 Å². The summed E-state index contributed by atoms with van der Waals surface area (Å²) in [6.45, 7) is 0.276. The van der Waals surface area contributed by atoms with Crippen molar-refractivity contribution in [3.05, 3.63) is 87.9 Å². The number of aliphatic hydroxyl groups is 1. The number of thiophene rings is 1. The third-order valence-electron chi connectivity index (χ3n) is 4.83. The predicted molar refractivity (Wildman–Crippen MR) is 109 cm³/mol. The van der Waals surface area contributed by atoms with Gasteiger partial charge < -0.3 is 14.7 Å². The monoisotopic (exact) mass is 406 g/mol. The van der Waals surface area contributed by atoms with Crippen LogP contribution >= 0.6 is 11.3 Å². The Bertz CT molecular complexity index is 1080. The third kappa shape index (κ3) is 3.40. The van der Waals surface area contributed by atoms with Crippen LogP contribution in [-0.2, 0) is 16.1 Å². The average molecular weight is 406 g/mol. The van der Waals surface area contributed by atoms with Crippen LogP contribution < -0.4 is 4.74 Å². The zero-order valence-electron chi connectivity index (χ0n) is 15.6. The number of nitrogens with zero attached hydrogens (tertiary/aromatic N) is 2. The van der Waals surface area contributed by atoms with Gasteiger partial charge in [0.2, 0.25) is 0 Å². The maximum Gasteiger partial charge on any atom is 0.295 e. The summed E-state index contributed by atoms with van der Waals surface area (Å²) in [7, 11) is 1.49. The zero-order valence-corrected chi connectivity index (χ0v) is 16.4. The van der Waals surface area contributed by atoms with Crippen LogP contribution in [0.25, 0.3) is 5.76 Å². The second-order valence-corrected chi connectivity index (χ2v) is 7.52. The molecular formula is C22H18N2O4S. The second kappa shape index (κ2) is 7.89. The van der Waals surface area contributed by atoms with Gasteiger partial charge >= 0.3 is 0 Å². The lowest BCUT2D eigenvalue weighted by Crippen LogP contribution is -2.28. The molecule has 7 heteroatoms. The van der Waals surface area contributed by atoms with Crippen molar-refractivity contribution >= 4 is 28.8 Å². The van der Waals surface area contributed by atoms with E-state index in [1.165, 1.54) is 23.3 Å². The summed E-state index contributed by atoms with van der Waals surface area (Å²) in [6, 6.07) is 13.4. The number of amides is 1. The van der Waals surface area contributed by atoms with Crippen LogP contribution in [0.5, 0.6) is 5.75 Å². The minimum Gasteiger partial charge on any atom is -0.507 e. The summed E-state index contributed by atoms with van der Waals surface area (Å²) in [5.41, 5.74) is 1.11. The Hall–Kier alpha value is -3.45. The van der Waals surface area contributed by atoms with Crippen molar-refractivity contribution in [3.8, 4) is 5.75 Å². The van der Waals surface area contributed by atoms with Crippen LogP contribution in [-0.4, -0.2) is 33.8 Å². The third-order valence-corrected chi connectivity index (χ3v) is 5.69. The summed E-state index contributed by atoms with van der Waals surface area (Å²) in [6.07, 6.45) is 3.20. The molecule has 1 saturated heterocycles. The minimum absolute atomic E-state index is 0.0438. The molecule has 1 atom stereocenters. The van der Waals surface area contributed by atoms with Gasteiger partial charge in [0.25, 0.3) is 11.7 Å². The molecule has 2 aromatic heterocycles. The lowest BCUT2D eigenvalue weighted by molar-refractivity contribution is -0.140. The Morgan fingerprint density at radius 1 is 1.14 bits per heavy atom. The summed E-state index contributed by atoms with van der Waals surface area (Å²) in [5, 5.41) is 13.0. The van der Waals surface area contributed by atoms with Crippen molar-refractivity contribution in [1.29, 1.82) is 0 Å². The quantitative estimate of drug-likeness (QED) is 0.396. The first kappa shape index (κ1) is 18.9. The van der Waals surface area contributed by atoms with E-state index in [0.717, 1.165) is 4.88 Å². The number of benzene rings is 1. The Labute approximate surface area is 171 Å². The summed E-state index contributed by atoms with van der Waals surface area (Å²) >= 11 is 1.51. The molecule has 146 valence electrons. The number of hydrogen-bond acceptors (Lipinski definition) is 6. The van der Waals surface area contributed by atoms with Crippen molar-refractivity contribution in [2.45, 2.75) is 12.6 Å². The first-order valence-electron chi connectivity index (χ1n) is 8.96. The molecule has 1 amide bonds. The maximum atomic E-state index is 13.0. The Balaban J connectivity index is 1.89. The van der Waals surface area contributed by atoms with E-state index in [9.17, 15) is 14.7 Å². The molecule has 3 aromatic rings. The van der Waals surface area contributed by atoms with Crippen molar-refractivity contribution < 1.29 is 19.4 Å². The molecular weight excluding hydrogens is 388 g/mol. The number of methoxy groups -OCH3 is 1. The molecule has 1 aliphatic heterocycles. The number of Topliss-reactive ketones (excluding diaryl/α,β-unsaturated/α-hetero) is 1. The van der Waals surface area contributed by atoms with E-state index in [1.807, 2.05) is 17.5 Å². The largest absolute Gasteiger partial charge is 0.507 e. The molecule has 1 aromatic carbocycles.